The van der Waals surface area contributed by atoms with Gasteiger partial charge in [-0.05, 0) is 36.8 Å². The molecule has 98 valence electrons. The molecular formula is C15H11BrN4. The lowest BCUT2D eigenvalue weighted by molar-refractivity contribution is 1.09. The quantitative estimate of drug-likeness (QED) is 0.743. The molecule has 0 aliphatic heterocycles. The largest absolute Gasteiger partial charge is 0.369 e. The molecule has 5 heteroatoms. The van der Waals surface area contributed by atoms with Crippen LogP contribution in [0.3, 0.4) is 0 Å². The van der Waals surface area contributed by atoms with Gasteiger partial charge in [0.1, 0.15) is 11.6 Å². The molecule has 0 saturated heterocycles. The molecule has 0 amide bonds. The number of nitrogen functional groups attached to an aromatic ring is 1. The van der Waals surface area contributed by atoms with Gasteiger partial charge in [-0.3, -0.25) is 4.57 Å². The zero-order chi connectivity index (χ0) is 14.3. The van der Waals surface area contributed by atoms with Crippen LogP contribution in [0, 0.1) is 18.3 Å². The van der Waals surface area contributed by atoms with Gasteiger partial charge in [-0.2, -0.15) is 5.26 Å². The van der Waals surface area contributed by atoms with Crippen LogP contribution < -0.4 is 5.73 Å². The maximum Gasteiger partial charge on any atom is 0.205 e. The predicted octanol–water partition coefficient (Wildman–Crippen LogP) is 3.55. The fourth-order valence-corrected chi connectivity index (χ4v) is 2.65. The van der Waals surface area contributed by atoms with E-state index in [-0.39, 0.29) is 0 Å². The maximum absolute atomic E-state index is 9.16. The number of nitriles is 1. The smallest absolute Gasteiger partial charge is 0.205 e. The Morgan fingerprint density at radius 3 is 2.75 bits per heavy atom. The summed E-state index contributed by atoms with van der Waals surface area (Å²) in [5, 5.41) is 9.16. The van der Waals surface area contributed by atoms with Gasteiger partial charge in [0.25, 0.3) is 0 Å². The summed E-state index contributed by atoms with van der Waals surface area (Å²) >= 11 is 3.52. The van der Waals surface area contributed by atoms with E-state index < -0.39 is 0 Å². The number of aromatic nitrogens is 2. The van der Waals surface area contributed by atoms with Crippen LogP contribution in [0.15, 0.2) is 40.9 Å². The molecule has 0 fully saturated rings. The molecule has 2 aromatic carbocycles. The standard InChI is InChI=1S/C15H11BrN4/c1-9-11(16)5-3-6-12(9)20-13-7-2-4-10(8-17)14(13)19-15(20)18/h2-7H,1H3,(H2,18,19). The van der Waals surface area contributed by atoms with Crippen molar-refractivity contribution in [2.45, 2.75) is 6.92 Å². The molecule has 0 bridgehead atoms. The number of para-hydroxylation sites is 1. The van der Waals surface area contributed by atoms with Gasteiger partial charge >= 0.3 is 0 Å². The van der Waals surface area contributed by atoms with Crippen molar-refractivity contribution in [1.29, 1.82) is 5.26 Å². The molecule has 0 aliphatic rings. The molecule has 4 nitrogen and oxygen atoms in total. The van der Waals surface area contributed by atoms with Gasteiger partial charge in [0.15, 0.2) is 0 Å². The van der Waals surface area contributed by atoms with E-state index in [1.807, 2.05) is 41.8 Å². The SMILES string of the molecule is Cc1c(Br)cccc1-n1c(N)nc2c(C#N)cccc21. The van der Waals surface area contributed by atoms with Gasteiger partial charge in [-0.25, -0.2) is 4.98 Å². The van der Waals surface area contributed by atoms with E-state index in [4.69, 9.17) is 11.0 Å². The summed E-state index contributed by atoms with van der Waals surface area (Å²) in [4.78, 5) is 4.33. The highest BCUT2D eigenvalue weighted by Gasteiger charge is 2.14. The molecule has 20 heavy (non-hydrogen) atoms. The molecule has 1 aromatic heterocycles. The minimum absolute atomic E-state index is 0.379. The Morgan fingerprint density at radius 1 is 1.25 bits per heavy atom. The number of hydrogen-bond donors (Lipinski definition) is 1. The summed E-state index contributed by atoms with van der Waals surface area (Å²) in [6, 6.07) is 13.6. The first-order valence-corrected chi connectivity index (χ1v) is 6.85. The molecule has 0 aliphatic carbocycles. The van der Waals surface area contributed by atoms with Crippen LogP contribution in [0.25, 0.3) is 16.7 Å². The lowest BCUT2D eigenvalue weighted by Gasteiger charge is -2.11. The Morgan fingerprint density at radius 2 is 2.00 bits per heavy atom. The monoisotopic (exact) mass is 326 g/mol. The topological polar surface area (TPSA) is 67.6 Å². The number of nitrogens with zero attached hydrogens (tertiary/aromatic N) is 3. The second-order valence-corrected chi connectivity index (χ2v) is 5.33. The van der Waals surface area contributed by atoms with E-state index in [2.05, 4.69) is 27.0 Å². The first kappa shape index (κ1) is 12.7. The number of hydrogen-bond acceptors (Lipinski definition) is 3. The summed E-state index contributed by atoms with van der Waals surface area (Å²) in [5.74, 6) is 0.379. The van der Waals surface area contributed by atoms with Crippen LogP contribution in [0.4, 0.5) is 5.95 Å². The molecule has 0 saturated carbocycles. The third kappa shape index (κ3) is 1.77. The van der Waals surface area contributed by atoms with E-state index in [1.165, 1.54) is 0 Å². The molecule has 2 N–H and O–H groups in total. The molecule has 0 atom stereocenters. The van der Waals surface area contributed by atoms with Gasteiger partial charge in [0, 0.05) is 4.47 Å². The van der Waals surface area contributed by atoms with E-state index in [0.717, 1.165) is 21.2 Å². The normalized spacial score (nSPS) is 10.7. The maximum atomic E-state index is 9.16. The highest BCUT2D eigenvalue weighted by molar-refractivity contribution is 9.10. The molecule has 3 rings (SSSR count). The number of nitrogens with two attached hydrogens (primary N) is 1. The first-order chi connectivity index (χ1) is 9.63. The Hall–Kier alpha value is -2.32. The second-order valence-electron chi connectivity index (χ2n) is 4.47. The fraction of sp³-hybridized carbons (Fsp3) is 0.0667. The summed E-state index contributed by atoms with van der Waals surface area (Å²) in [5.41, 5.74) is 10.1. The highest BCUT2D eigenvalue weighted by atomic mass is 79.9. The lowest BCUT2D eigenvalue weighted by Crippen LogP contribution is -2.02. The summed E-state index contributed by atoms with van der Waals surface area (Å²) in [7, 11) is 0. The zero-order valence-corrected chi connectivity index (χ0v) is 12.3. The van der Waals surface area contributed by atoms with Crippen LogP contribution in [0.1, 0.15) is 11.1 Å². The van der Waals surface area contributed by atoms with Crippen molar-refractivity contribution < 1.29 is 0 Å². The number of anilines is 1. The zero-order valence-electron chi connectivity index (χ0n) is 10.8. The highest BCUT2D eigenvalue weighted by Crippen LogP contribution is 2.29. The Labute approximate surface area is 124 Å². The minimum Gasteiger partial charge on any atom is -0.369 e. The number of benzene rings is 2. The van der Waals surface area contributed by atoms with Crippen LogP contribution in [0.2, 0.25) is 0 Å². The van der Waals surface area contributed by atoms with E-state index in [1.54, 1.807) is 6.07 Å². The summed E-state index contributed by atoms with van der Waals surface area (Å²) < 4.78 is 2.88. The number of fused-ring (bicyclic) bond motifs is 1. The summed E-state index contributed by atoms with van der Waals surface area (Å²) in [6.07, 6.45) is 0. The van der Waals surface area contributed by atoms with Gasteiger partial charge in [0.05, 0.1) is 16.8 Å². The van der Waals surface area contributed by atoms with Gasteiger partial charge in [-0.15, -0.1) is 0 Å². The molecule has 0 spiro atoms. The van der Waals surface area contributed by atoms with E-state index >= 15 is 0 Å². The van der Waals surface area contributed by atoms with Crippen molar-refractivity contribution >= 4 is 32.9 Å². The molecule has 0 unspecified atom stereocenters. The van der Waals surface area contributed by atoms with Gasteiger partial charge in [-0.1, -0.05) is 28.1 Å². The Balaban J connectivity index is 2.41. The Kier molecular flexibility index (Phi) is 2.96. The predicted molar refractivity (Wildman–Crippen MR) is 82.6 cm³/mol. The minimum atomic E-state index is 0.379. The third-order valence-electron chi connectivity index (χ3n) is 3.31. The lowest BCUT2D eigenvalue weighted by atomic mass is 10.1. The van der Waals surface area contributed by atoms with Crippen LogP contribution in [-0.4, -0.2) is 9.55 Å². The molecule has 1 heterocycles. The number of halogens is 1. The third-order valence-corrected chi connectivity index (χ3v) is 4.17. The van der Waals surface area contributed by atoms with Crippen LogP contribution in [0.5, 0.6) is 0 Å². The molecule has 3 aromatic rings. The van der Waals surface area contributed by atoms with Crippen molar-refractivity contribution in [1.82, 2.24) is 9.55 Å². The molecular weight excluding hydrogens is 316 g/mol. The summed E-state index contributed by atoms with van der Waals surface area (Å²) in [6.45, 7) is 2.01. The van der Waals surface area contributed by atoms with E-state index in [9.17, 15) is 0 Å². The van der Waals surface area contributed by atoms with Crippen molar-refractivity contribution in [3.05, 3.63) is 52.0 Å². The fourth-order valence-electron chi connectivity index (χ4n) is 2.30. The van der Waals surface area contributed by atoms with Crippen molar-refractivity contribution in [2.24, 2.45) is 0 Å². The van der Waals surface area contributed by atoms with Crippen molar-refractivity contribution in [2.75, 3.05) is 5.73 Å². The second kappa shape index (κ2) is 4.66. The van der Waals surface area contributed by atoms with Gasteiger partial charge < -0.3 is 5.73 Å². The van der Waals surface area contributed by atoms with E-state index in [0.29, 0.717) is 17.0 Å². The average Bonchev–Trinajstić information content (AvgIpc) is 2.78. The van der Waals surface area contributed by atoms with Crippen LogP contribution >= 0.6 is 15.9 Å². The van der Waals surface area contributed by atoms with Crippen LogP contribution in [-0.2, 0) is 0 Å². The average molecular weight is 327 g/mol. The van der Waals surface area contributed by atoms with Gasteiger partial charge in [0.2, 0.25) is 5.95 Å². The number of rotatable bonds is 1. The van der Waals surface area contributed by atoms with Crippen molar-refractivity contribution in [3.8, 4) is 11.8 Å². The first-order valence-electron chi connectivity index (χ1n) is 6.06. The Bertz CT molecular complexity index is 858. The number of imidazole rings is 1. The van der Waals surface area contributed by atoms with Crippen molar-refractivity contribution in [3.63, 3.8) is 0 Å². The molecule has 0 radical (unpaired) electrons.